The van der Waals surface area contributed by atoms with Gasteiger partial charge in [0, 0.05) is 29.6 Å². The molecule has 1 fully saturated rings. The summed E-state index contributed by atoms with van der Waals surface area (Å²) in [5.74, 6) is 0.842. The topological polar surface area (TPSA) is 55.1 Å². The lowest BCUT2D eigenvalue weighted by atomic mass is 9.97. The van der Waals surface area contributed by atoms with Crippen molar-refractivity contribution in [2.24, 2.45) is 0 Å². The lowest BCUT2D eigenvalue weighted by molar-refractivity contribution is 0.180. The summed E-state index contributed by atoms with van der Waals surface area (Å²) >= 11 is 6.45. The molecule has 1 aliphatic rings. The first-order valence-electron chi connectivity index (χ1n) is 10.0. The van der Waals surface area contributed by atoms with E-state index in [1.165, 1.54) is 12.1 Å². The number of hydrogen-bond acceptors (Lipinski definition) is 5. The molecule has 1 unspecified atom stereocenters. The number of pyridine rings is 1. The first-order valence-corrected chi connectivity index (χ1v) is 10.4. The molecule has 0 N–H and O–H groups in total. The molecule has 7 heteroatoms. The fourth-order valence-electron chi connectivity index (χ4n) is 4.03. The monoisotopic (exact) mass is 422 g/mol. The van der Waals surface area contributed by atoms with E-state index in [-0.39, 0.29) is 11.7 Å². The Labute approximate surface area is 178 Å². The number of aromatic nitrogens is 3. The van der Waals surface area contributed by atoms with E-state index in [1.807, 2.05) is 24.3 Å². The van der Waals surface area contributed by atoms with Crippen LogP contribution in [0.1, 0.15) is 30.2 Å². The second-order valence-electron chi connectivity index (χ2n) is 7.67. The van der Waals surface area contributed by atoms with E-state index in [0.29, 0.717) is 22.4 Å². The van der Waals surface area contributed by atoms with Gasteiger partial charge in [0.25, 0.3) is 0 Å². The standard InChI is InChI=1S/C23H20ClFN4O/c24-21-18(11-15-5-1-2-9-20(15)26-21)14-29-10-4-7-17(13-29)23-27-22(28-30-23)16-6-3-8-19(25)12-16/h1-3,5-6,8-9,11-12,17H,4,7,10,13-14H2. The molecule has 2 aromatic heterocycles. The van der Waals surface area contributed by atoms with Gasteiger partial charge in [-0.1, -0.05) is 47.1 Å². The van der Waals surface area contributed by atoms with Crippen LogP contribution in [-0.2, 0) is 6.54 Å². The Bertz CT molecular complexity index is 1190. The van der Waals surface area contributed by atoms with E-state index in [9.17, 15) is 4.39 Å². The molecule has 3 heterocycles. The van der Waals surface area contributed by atoms with Crippen molar-refractivity contribution in [1.82, 2.24) is 20.0 Å². The van der Waals surface area contributed by atoms with E-state index in [4.69, 9.17) is 16.1 Å². The van der Waals surface area contributed by atoms with Crippen molar-refractivity contribution < 1.29 is 8.91 Å². The maximum atomic E-state index is 13.5. The number of rotatable bonds is 4. The fourth-order valence-corrected chi connectivity index (χ4v) is 4.24. The highest BCUT2D eigenvalue weighted by molar-refractivity contribution is 6.30. The van der Waals surface area contributed by atoms with Gasteiger partial charge in [0.15, 0.2) is 0 Å². The minimum atomic E-state index is -0.316. The van der Waals surface area contributed by atoms with Gasteiger partial charge in [-0.05, 0) is 43.7 Å². The first-order chi connectivity index (χ1) is 14.7. The van der Waals surface area contributed by atoms with Crippen LogP contribution < -0.4 is 0 Å². The van der Waals surface area contributed by atoms with Gasteiger partial charge in [-0.25, -0.2) is 9.37 Å². The molecule has 152 valence electrons. The van der Waals surface area contributed by atoms with Crippen molar-refractivity contribution in [3.8, 4) is 11.4 Å². The van der Waals surface area contributed by atoms with Gasteiger partial charge in [-0.15, -0.1) is 0 Å². The first kappa shape index (κ1) is 19.2. The van der Waals surface area contributed by atoms with Crippen molar-refractivity contribution in [2.75, 3.05) is 13.1 Å². The van der Waals surface area contributed by atoms with Crippen molar-refractivity contribution in [2.45, 2.75) is 25.3 Å². The van der Waals surface area contributed by atoms with Gasteiger partial charge in [0.05, 0.1) is 11.4 Å². The lowest BCUT2D eigenvalue weighted by Gasteiger charge is -2.31. The number of hydrogen-bond donors (Lipinski definition) is 0. The predicted molar refractivity (Wildman–Crippen MR) is 114 cm³/mol. The summed E-state index contributed by atoms with van der Waals surface area (Å²) in [7, 11) is 0. The van der Waals surface area contributed by atoms with Gasteiger partial charge in [0.1, 0.15) is 11.0 Å². The molecule has 2 aromatic carbocycles. The number of piperidine rings is 1. The minimum absolute atomic E-state index is 0.140. The molecule has 0 spiro atoms. The zero-order valence-corrected chi connectivity index (χ0v) is 17.0. The molecule has 1 saturated heterocycles. The number of halogens is 2. The number of para-hydroxylation sites is 1. The second-order valence-corrected chi connectivity index (χ2v) is 8.03. The lowest BCUT2D eigenvalue weighted by Crippen LogP contribution is -2.34. The molecule has 0 aliphatic carbocycles. The number of benzene rings is 2. The maximum Gasteiger partial charge on any atom is 0.231 e. The second kappa shape index (κ2) is 8.13. The Balaban J connectivity index is 1.33. The summed E-state index contributed by atoms with van der Waals surface area (Å²) in [5.41, 5.74) is 2.53. The van der Waals surface area contributed by atoms with Gasteiger partial charge in [-0.3, -0.25) is 4.90 Å². The maximum absolute atomic E-state index is 13.5. The normalized spacial score (nSPS) is 17.5. The summed E-state index contributed by atoms with van der Waals surface area (Å²) in [6.45, 7) is 2.50. The van der Waals surface area contributed by atoms with Gasteiger partial charge in [-0.2, -0.15) is 4.98 Å². The highest BCUT2D eigenvalue weighted by Crippen LogP contribution is 2.30. The molecule has 0 radical (unpaired) electrons. The van der Waals surface area contributed by atoms with E-state index in [1.54, 1.807) is 12.1 Å². The summed E-state index contributed by atoms with van der Waals surface area (Å²) in [4.78, 5) is 11.4. The van der Waals surface area contributed by atoms with Crippen LogP contribution in [0.3, 0.4) is 0 Å². The Morgan fingerprint density at radius 3 is 2.90 bits per heavy atom. The zero-order chi connectivity index (χ0) is 20.5. The van der Waals surface area contributed by atoms with E-state index >= 15 is 0 Å². The highest BCUT2D eigenvalue weighted by Gasteiger charge is 2.27. The molecular weight excluding hydrogens is 403 g/mol. The van der Waals surface area contributed by atoms with Crippen molar-refractivity contribution in [3.63, 3.8) is 0 Å². The van der Waals surface area contributed by atoms with E-state index in [0.717, 1.165) is 48.9 Å². The zero-order valence-electron chi connectivity index (χ0n) is 16.3. The molecular formula is C23H20ClFN4O. The van der Waals surface area contributed by atoms with Crippen LogP contribution in [0.15, 0.2) is 59.1 Å². The molecule has 1 aliphatic heterocycles. The van der Waals surface area contributed by atoms with Crippen LogP contribution in [-0.4, -0.2) is 33.1 Å². The average Bonchev–Trinajstić information content (AvgIpc) is 3.25. The molecule has 0 saturated carbocycles. The van der Waals surface area contributed by atoms with E-state index in [2.05, 4.69) is 26.1 Å². The van der Waals surface area contributed by atoms with Crippen LogP contribution in [0.5, 0.6) is 0 Å². The molecule has 30 heavy (non-hydrogen) atoms. The number of likely N-dealkylation sites (tertiary alicyclic amines) is 1. The van der Waals surface area contributed by atoms with Crippen molar-refractivity contribution in [3.05, 3.63) is 77.0 Å². The summed E-state index contributed by atoms with van der Waals surface area (Å²) in [6.07, 6.45) is 2.01. The Morgan fingerprint density at radius 2 is 2.00 bits per heavy atom. The Kier molecular flexibility index (Phi) is 5.19. The van der Waals surface area contributed by atoms with Crippen LogP contribution in [0.25, 0.3) is 22.3 Å². The SMILES string of the molecule is Fc1cccc(-c2noc(C3CCCN(Cc4cc5ccccc5nc4Cl)C3)n2)c1. The third-order valence-corrected chi connectivity index (χ3v) is 5.85. The molecule has 5 nitrogen and oxygen atoms in total. The van der Waals surface area contributed by atoms with Gasteiger partial charge in [0.2, 0.25) is 11.7 Å². The highest BCUT2D eigenvalue weighted by atomic mass is 35.5. The van der Waals surface area contributed by atoms with Crippen molar-refractivity contribution >= 4 is 22.5 Å². The fraction of sp³-hybridized carbons (Fsp3) is 0.261. The summed E-state index contributed by atoms with van der Waals surface area (Å²) in [6, 6.07) is 16.3. The molecule has 0 amide bonds. The Morgan fingerprint density at radius 1 is 1.10 bits per heavy atom. The largest absolute Gasteiger partial charge is 0.339 e. The predicted octanol–water partition coefficient (Wildman–Crippen LogP) is 5.46. The van der Waals surface area contributed by atoms with Gasteiger partial charge >= 0.3 is 0 Å². The van der Waals surface area contributed by atoms with E-state index < -0.39 is 0 Å². The van der Waals surface area contributed by atoms with Crippen LogP contribution in [0.2, 0.25) is 5.15 Å². The van der Waals surface area contributed by atoms with Crippen LogP contribution in [0, 0.1) is 5.82 Å². The van der Waals surface area contributed by atoms with Gasteiger partial charge < -0.3 is 4.52 Å². The third kappa shape index (κ3) is 3.93. The summed E-state index contributed by atoms with van der Waals surface area (Å²) in [5, 5.41) is 5.69. The van der Waals surface area contributed by atoms with Crippen LogP contribution >= 0.6 is 11.6 Å². The van der Waals surface area contributed by atoms with Crippen molar-refractivity contribution in [1.29, 1.82) is 0 Å². The average molecular weight is 423 g/mol. The smallest absolute Gasteiger partial charge is 0.231 e. The Hall–Kier alpha value is -2.83. The quantitative estimate of drug-likeness (QED) is 0.409. The summed E-state index contributed by atoms with van der Waals surface area (Å²) < 4.78 is 19.0. The number of nitrogens with zero attached hydrogens (tertiary/aromatic N) is 4. The molecule has 1 atom stereocenters. The van der Waals surface area contributed by atoms with Crippen LogP contribution in [0.4, 0.5) is 4.39 Å². The molecule has 4 aromatic rings. The minimum Gasteiger partial charge on any atom is -0.339 e. The number of fused-ring (bicyclic) bond motifs is 1. The third-order valence-electron chi connectivity index (χ3n) is 5.52. The molecule has 0 bridgehead atoms. The molecule has 5 rings (SSSR count).